The molecule has 2 nitrogen and oxygen atoms in total. The SMILES string of the molecule is CSc1ccc(C2=C(c3ccc(C(F)(F)F)cc3)COC2=O)cc1. The van der Waals surface area contributed by atoms with Crippen LogP contribution in [0.3, 0.4) is 0 Å². The van der Waals surface area contributed by atoms with E-state index in [2.05, 4.69) is 0 Å². The van der Waals surface area contributed by atoms with Crippen LogP contribution in [-0.4, -0.2) is 18.8 Å². The van der Waals surface area contributed by atoms with Crippen molar-refractivity contribution in [1.82, 2.24) is 0 Å². The van der Waals surface area contributed by atoms with Crippen molar-refractivity contribution in [2.24, 2.45) is 0 Å². The maximum Gasteiger partial charge on any atom is 0.416 e. The molecule has 124 valence electrons. The predicted octanol–water partition coefficient (Wildman–Crippen LogP) is 4.89. The van der Waals surface area contributed by atoms with E-state index in [1.54, 1.807) is 11.8 Å². The zero-order chi connectivity index (χ0) is 17.3. The Bertz CT molecular complexity index is 791. The second-order valence-corrected chi connectivity index (χ2v) is 6.11. The Labute approximate surface area is 141 Å². The maximum atomic E-state index is 12.7. The Balaban J connectivity index is 2.02. The molecule has 0 amide bonds. The van der Waals surface area contributed by atoms with Crippen molar-refractivity contribution in [2.45, 2.75) is 11.1 Å². The molecule has 0 N–H and O–H groups in total. The van der Waals surface area contributed by atoms with Crippen LogP contribution in [0.5, 0.6) is 0 Å². The Hall–Kier alpha value is -2.21. The van der Waals surface area contributed by atoms with E-state index in [4.69, 9.17) is 4.74 Å². The minimum Gasteiger partial charge on any atom is -0.457 e. The molecule has 6 heteroatoms. The van der Waals surface area contributed by atoms with Crippen LogP contribution in [0.25, 0.3) is 11.1 Å². The van der Waals surface area contributed by atoms with Gasteiger partial charge in [-0.05, 0) is 41.6 Å². The molecule has 1 heterocycles. The molecular formula is C18H13F3O2S. The molecule has 0 aliphatic carbocycles. The molecule has 3 rings (SSSR count). The third kappa shape index (κ3) is 3.19. The van der Waals surface area contributed by atoms with E-state index < -0.39 is 17.7 Å². The fourth-order valence-corrected chi connectivity index (χ4v) is 2.95. The fraction of sp³-hybridized carbons (Fsp3) is 0.167. The second-order valence-electron chi connectivity index (χ2n) is 5.23. The second kappa shape index (κ2) is 6.36. The third-order valence-electron chi connectivity index (χ3n) is 3.79. The monoisotopic (exact) mass is 350 g/mol. The summed E-state index contributed by atoms with van der Waals surface area (Å²) in [5.41, 5.74) is 1.54. The molecule has 2 aromatic rings. The molecule has 0 fully saturated rings. The van der Waals surface area contributed by atoms with Gasteiger partial charge in [-0.3, -0.25) is 0 Å². The first-order chi connectivity index (χ1) is 11.4. The van der Waals surface area contributed by atoms with Gasteiger partial charge in [-0.25, -0.2) is 4.79 Å². The van der Waals surface area contributed by atoms with Gasteiger partial charge in [0.1, 0.15) is 6.61 Å². The summed E-state index contributed by atoms with van der Waals surface area (Å²) >= 11 is 1.58. The molecule has 0 spiro atoms. The van der Waals surface area contributed by atoms with Crippen molar-refractivity contribution in [2.75, 3.05) is 12.9 Å². The molecule has 0 aromatic heterocycles. The summed E-state index contributed by atoms with van der Waals surface area (Å²) in [7, 11) is 0. The average Bonchev–Trinajstić information content (AvgIpc) is 2.96. The van der Waals surface area contributed by atoms with Gasteiger partial charge in [0.2, 0.25) is 0 Å². The Morgan fingerprint density at radius 1 is 0.958 bits per heavy atom. The molecule has 0 atom stereocenters. The molecule has 2 aromatic carbocycles. The Kier molecular flexibility index (Phi) is 4.41. The van der Waals surface area contributed by atoms with Crippen LogP contribution >= 0.6 is 11.8 Å². The number of rotatable bonds is 3. The standard InChI is InChI=1S/C18H13F3O2S/c1-24-14-8-4-12(5-9-14)16-15(10-23-17(16)22)11-2-6-13(7-3-11)18(19,20)21/h2-9H,10H2,1H3. The smallest absolute Gasteiger partial charge is 0.416 e. The van der Waals surface area contributed by atoms with E-state index in [1.165, 1.54) is 12.1 Å². The first-order valence-corrected chi connectivity index (χ1v) is 8.35. The van der Waals surface area contributed by atoms with Gasteiger partial charge in [-0.1, -0.05) is 24.3 Å². The first kappa shape index (κ1) is 16.6. The topological polar surface area (TPSA) is 26.3 Å². The van der Waals surface area contributed by atoms with Crippen molar-refractivity contribution in [3.05, 3.63) is 65.2 Å². The quantitative estimate of drug-likeness (QED) is 0.582. The summed E-state index contributed by atoms with van der Waals surface area (Å²) in [4.78, 5) is 13.1. The van der Waals surface area contributed by atoms with E-state index in [1.807, 2.05) is 30.5 Å². The average molecular weight is 350 g/mol. The summed E-state index contributed by atoms with van der Waals surface area (Å²) < 4.78 is 43.1. The van der Waals surface area contributed by atoms with Crippen molar-refractivity contribution >= 4 is 28.9 Å². The number of hydrogen-bond acceptors (Lipinski definition) is 3. The van der Waals surface area contributed by atoms with Gasteiger partial charge in [0.15, 0.2) is 0 Å². The summed E-state index contributed by atoms with van der Waals surface area (Å²) in [6.07, 6.45) is -2.43. The van der Waals surface area contributed by atoms with E-state index in [-0.39, 0.29) is 6.61 Å². The molecule has 0 radical (unpaired) electrons. The largest absolute Gasteiger partial charge is 0.457 e. The van der Waals surface area contributed by atoms with E-state index in [0.29, 0.717) is 22.3 Å². The molecule has 24 heavy (non-hydrogen) atoms. The van der Waals surface area contributed by atoms with Gasteiger partial charge >= 0.3 is 12.1 Å². The lowest BCUT2D eigenvalue weighted by Gasteiger charge is -2.09. The normalized spacial score (nSPS) is 14.9. The molecule has 0 bridgehead atoms. The van der Waals surface area contributed by atoms with Crippen molar-refractivity contribution in [3.8, 4) is 0 Å². The van der Waals surface area contributed by atoms with Gasteiger partial charge in [0.25, 0.3) is 0 Å². The van der Waals surface area contributed by atoms with Crippen LogP contribution in [-0.2, 0) is 15.7 Å². The molecule has 0 saturated carbocycles. The number of benzene rings is 2. The molecule has 1 aliphatic heterocycles. The third-order valence-corrected chi connectivity index (χ3v) is 4.54. The highest BCUT2D eigenvalue weighted by Gasteiger charge is 2.31. The fourth-order valence-electron chi connectivity index (χ4n) is 2.54. The lowest BCUT2D eigenvalue weighted by Crippen LogP contribution is -2.04. The number of halogens is 3. The minimum absolute atomic E-state index is 0.0593. The number of cyclic esters (lactones) is 1. The van der Waals surface area contributed by atoms with Crippen LogP contribution in [0.1, 0.15) is 16.7 Å². The van der Waals surface area contributed by atoms with Gasteiger partial charge in [-0.15, -0.1) is 11.8 Å². The van der Waals surface area contributed by atoms with Crippen molar-refractivity contribution in [3.63, 3.8) is 0 Å². The highest BCUT2D eigenvalue weighted by Crippen LogP contribution is 2.35. The predicted molar refractivity (Wildman–Crippen MR) is 87.4 cm³/mol. The number of carbonyl (C=O) groups is 1. The van der Waals surface area contributed by atoms with Crippen LogP contribution in [0.2, 0.25) is 0 Å². The van der Waals surface area contributed by atoms with Gasteiger partial charge in [0.05, 0.1) is 11.1 Å². The summed E-state index contributed by atoms with van der Waals surface area (Å²) in [6, 6.07) is 12.2. The summed E-state index contributed by atoms with van der Waals surface area (Å²) in [6.45, 7) is 0.0593. The van der Waals surface area contributed by atoms with E-state index in [9.17, 15) is 18.0 Å². The number of esters is 1. The lowest BCUT2D eigenvalue weighted by molar-refractivity contribution is -0.137. The Morgan fingerprint density at radius 3 is 2.08 bits per heavy atom. The van der Waals surface area contributed by atoms with Gasteiger partial charge < -0.3 is 4.74 Å². The molecule has 1 aliphatic rings. The minimum atomic E-state index is -4.38. The molecule has 0 saturated heterocycles. The van der Waals surface area contributed by atoms with Crippen LogP contribution in [0.15, 0.2) is 53.4 Å². The lowest BCUT2D eigenvalue weighted by atomic mass is 9.96. The number of alkyl halides is 3. The number of hydrogen-bond donors (Lipinski definition) is 0. The zero-order valence-electron chi connectivity index (χ0n) is 12.7. The zero-order valence-corrected chi connectivity index (χ0v) is 13.5. The van der Waals surface area contributed by atoms with E-state index >= 15 is 0 Å². The number of carbonyl (C=O) groups excluding carboxylic acids is 1. The first-order valence-electron chi connectivity index (χ1n) is 7.12. The van der Waals surface area contributed by atoms with Crippen molar-refractivity contribution in [1.29, 1.82) is 0 Å². The maximum absolute atomic E-state index is 12.7. The molecular weight excluding hydrogens is 337 g/mol. The van der Waals surface area contributed by atoms with Gasteiger partial charge in [-0.2, -0.15) is 13.2 Å². The Morgan fingerprint density at radius 2 is 1.54 bits per heavy atom. The summed E-state index contributed by atoms with van der Waals surface area (Å²) in [5.74, 6) is -0.457. The van der Waals surface area contributed by atoms with Crippen LogP contribution in [0.4, 0.5) is 13.2 Å². The van der Waals surface area contributed by atoms with Crippen LogP contribution in [0, 0.1) is 0 Å². The summed E-state index contributed by atoms with van der Waals surface area (Å²) in [5, 5.41) is 0. The number of ether oxygens (including phenoxy) is 1. The van der Waals surface area contributed by atoms with Gasteiger partial charge in [0, 0.05) is 10.5 Å². The highest BCUT2D eigenvalue weighted by molar-refractivity contribution is 7.98. The highest BCUT2D eigenvalue weighted by atomic mass is 32.2. The number of thioether (sulfide) groups is 1. The van der Waals surface area contributed by atoms with E-state index in [0.717, 1.165) is 17.0 Å². The molecule has 0 unspecified atom stereocenters. The van der Waals surface area contributed by atoms with Crippen LogP contribution < -0.4 is 0 Å². The van der Waals surface area contributed by atoms with Crippen molar-refractivity contribution < 1.29 is 22.7 Å².